The van der Waals surface area contributed by atoms with Gasteiger partial charge < -0.3 is 19.7 Å². The highest BCUT2D eigenvalue weighted by Gasteiger charge is 2.10. The van der Waals surface area contributed by atoms with Crippen LogP contribution in [0.2, 0.25) is 0 Å². The number of hydrogen-bond donors (Lipinski definition) is 2. The van der Waals surface area contributed by atoms with Crippen LogP contribution in [0.3, 0.4) is 0 Å². The van der Waals surface area contributed by atoms with E-state index in [0.29, 0.717) is 13.2 Å². The van der Waals surface area contributed by atoms with E-state index < -0.39 is 0 Å². The van der Waals surface area contributed by atoms with Gasteiger partial charge in [-0.25, -0.2) is 0 Å². The third kappa shape index (κ3) is 3.29. The highest BCUT2D eigenvalue weighted by molar-refractivity contribution is 7.12. The molecule has 0 unspecified atom stereocenters. The smallest absolute Gasteiger partial charge is 0.217 e. The van der Waals surface area contributed by atoms with Crippen LogP contribution in [-0.2, 0) is 0 Å². The minimum Gasteiger partial charge on any atom is -0.508 e. The molecule has 3 rings (SSSR count). The second-order valence-electron chi connectivity index (χ2n) is 3.29. The Bertz CT molecular complexity index is 422. The molecule has 1 aromatic carbocycles. The maximum absolute atomic E-state index is 8.65. The second kappa shape index (κ2) is 5.45. The Kier molecular flexibility index (Phi) is 3.72. The Morgan fingerprint density at radius 1 is 0.882 bits per heavy atom. The maximum Gasteiger partial charge on any atom is 0.217 e. The van der Waals surface area contributed by atoms with Crippen LogP contribution in [0.15, 0.2) is 35.7 Å². The summed E-state index contributed by atoms with van der Waals surface area (Å²) >= 11 is 1.58. The molecule has 2 aromatic rings. The van der Waals surface area contributed by atoms with Crippen LogP contribution < -0.4 is 9.47 Å². The molecule has 0 radical (unpaired) electrons. The normalized spacial score (nSPS) is 12.5. The minimum atomic E-state index is 0.169. The third-order valence-corrected chi connectivity index (χ3v) is 2.82. The minimum absolute atomic E-state index is 0.169. The van der Waals surface area contributed by atoms with Crippen molar-refractivity contribution in [3.63, 3.8) is 0 Å². The molecule has 1 aliphatic heterocycles. The summed E-state index contributed by atoms with van der Waals surface area (Å²) in [5, 5.41) is 20.2. The van der Waals surface area contributed by atoms with Crippen molar-refractivity contribution in [2.45, 2.75) is 0 Å². The number of thiophene rings is 1. The van der Waals surface area contributed by atoms with E-state index in [9.17, 15) is 0 Å². The molecule has 1 aromatic heterocycles. The number of fused-ring (bicyclic) bond motifs is 1. The topological polar surface area (TPSA) is 58.9 Å². The molecule has 17 heavy (non-hydrogen) atoms. The van der Waals surface area contributed by atoms with Gasteiger partial charge in [-0.2, -0.15) is 0 Å². The summed E-state index contributed by atoms with van der Waals surface area (Å²) < 4.78 is 10.5. The molecule has 2 heterocycles. The first kappa shape index (κ1) is 11.6. The van der Waals surface area contributed by atoms with Crippen LogP contribution >= 0.6 is 11.3 Å². The fraction of sp³-hybridized carbons (Fsp3) is 0.167. The Morgan fingerprint density at radius 2 is 1.47 bits per heavy atom. The zero-order chi connectivity index (χ0) is 12.1. The number of ether oxygens (including phenoxy) is 2. The lowest BCUT2D eigenvalue weighted by molar-refractivity contribution is 0.178. The molecule has 4 nitrogen and oxygen atoms in total. The summed E-state index contributed by atoms with van der Waals surface area (Å²) in [7, 11) is 0. The van der Waals surface area contributed by atoms with Crippen LogP contribution in [0.1, 0.15) is 0 Å². The molecular weight excluding hydrogens is 240 g/mol. The number of rotatable bonds is 0. The average molecular weight is 252 g/mol. The van der Waals surface area contributed by atoms with Crippen molar-refractivity contribution >= 4 is 11.3 Å². The van der Waals surface area contributed by atoms with Crippen molar-refractivity contribution in [3.8, 4) is 22.3 Å². The summed E-state index contributed by atoms with van der Waals surface area (Å²) in [6, 6.07) is 7.63. The molecule has 0 saturated heterocycles. The highest BCUT2D eigenvalue weighted by atomic mass is 32.1. The predicted molar refractivity (Wildman–Crippen MR) is 65.1 cm³/mol. The predicted octanol–water partition coefficient (Wildman–Crippen LogP) is 2.62. The maximum atomic E-state index is 8.65. The summed E-state index contributed by atoms with van der Waals surface area (Å²) in [5.74, 6) is 1.23. The first-order valence-corrected chi connectivity index (χ1v) is 5.95. The lowest BCUT2D eigenvalue weighted by Crippen LogP contribution is -2.13. The Morgan fingerprint density at radius 3 is 2.06 bits per heavy atom. The van der Waals surface area contributed by atoms with Gasteiger partial charge in [-0.1, -0.05) is 0 Å². The van der Waals surface area contributed by atoms with E-state index in [1.165, 1.54) is 24.3 Å². The van der Waals surface area contributed by atoms with Crippen LogP contribution in [0.5, 0.6) is 22.3 Å². The second-order valence-corrected chi connectivity index (χ2v) is 4.16. The molecule has 0 aliphatic carbocycles. The summed E-state index contributed by atoms with van der Waals surface area (Å²) in [6.45, 7) is 1.37. The van der Waals surface area contributed by atoms with Gasteiger partial charge in [0, 0.05) is 0 Å². The summed E-state index contributed by atoms with van der Waals surface area (Å²) in [5.41, 5.74) is 0. The molecule has 0 amide bonds. The SMILES string of the molecule is Oc1ccc(O)cc1.c1cc2c(s1)OCCO2. The standard InChI is InChI=1S/C6H6O2S.C6H6O2/c1-4-9-6-5(1)7-2-3-8-6;7-5-1-2-6(8)4-3-5/h1,4H,2-3H2;1-4,7-8H. The third-order valence-electron chi connectivity index (χ3n) is 2.02. The number of phenolic OH excluding ortho intramolecular Hbond substituents is 2. The molecule has 5 heteroatoms. The van der Waals surface area contributed by atoms with Crippen molar-refractivity contribution in [1.29, 1.82) is 0 Å². The van der Waals surface area contributed by atoms with Gasteiger partial charge in [0.1, 0.15) is 24.7 Å². The van der Waals surface area contributed by atoms with Gasteiger partial charge in [-0.15, -0.1) is 11.3 Å². The van der Waals surface area contributed by atoms with Gasteiger partial charge in [0.05, 0.1) is 0 Å². The quantitative estimate of drug-likeness (QED) is 0.708. The van der Waals surface area contributed by atoms with Crippen molar-refractivity contribution < 1.29 is 19.7 Å². The van der Waals surface area contributed by atoms with E-state index >= 15 is 0 Å². The summed E-state index contributed by atoms with van der Waals surface area (Å²) in [6.07, 6.45) is 0. The Balaban J connectivity index is 0.000000128. The molecular formula is C12H12O4S. The number of benzene rings is 1. The van der Waals surface area contributed by atoms with Crippen LogP contribution in [0.25, 0.3) is 0 Å². The molecule has 1 aliphatic rings. The Hall–Kier alpha value is -1.88. The monoisotopic (exact) mass is 252 g/mol. The number of aromatic hydroxyl groups is 2. The molecule has 0 fully saturated rings. The van der Waals surface area contributed by atoms with Gasteiger partial charge >= 0.3 is 0 Å². The Labute approximate surface area is 103 Å². The molecule has 90 valence electrons. The molecule has 0 saturated carbocycles. The zero-order valence-electron chi connectivity index (χ0n) is 9.00. The van der Waals surface area contributed by atoms with Gasteiger partial charge in [-0.3, -0.25) is 0 Å². The van der Waals surface area contributed by atoms with E-state index in [-0.39, 0.29) is 11.5 Å². The van der Waals surface area contributed by atoms with Gasteiger partial charge in [-0.05, 0) is 35.7 Å². The average Bonchev–Trinajstić information content (AvgIpc) is 2.82. The van der Waals surface area contributed by atoms with Crippen molar-refractivity contribution in [2.75, 3.05) is 13.2 Å². The highest BCUT2D eigenvalue weighted by Crippen LogP contribution is 2.35. The van der Waals surface area contributed by atoms with Crippen molar-refractivity contribution in [3.05, 3.63) is 35.7 Å². The van der Waals surface area contributed by atoms with E-state index in [4.69, 9.17) is 19.7 Å². The van der Waals surface area contributed by atoms with E-state index in [1.807, 2.05) is 11.4 Å². The lowest BCUT2D eigenvalue weighted by atomic mass is 10.3. The van der Waals surface area contributed by atoms with E-state index in [0.717, 1.165) is 10.8 Å². The fourth-order valence-corrected chi connectivity index (χ4v) is 1.94. The van der Waals surface area contributed by atoms with E-state index in [2.05, 4.69) is 0 Å². The fourth-order valence-electron chi connectivity index (χ4n) is 1.23. The number of phenols is 2. The lowest BCUT2D eigenvalue weighted by Gasteiger charge is -2.13. The van der Waals surface area contributed by atoms with E-state index in [1.54, 1.807) is 11.3 Å². The van der Waals surface area contributed by atoms with Crippen LogP contribution in [-0.4, -0.2) is 23.4 Å². The van der Waals surface area contributed by atoms with Crippen LogP contribution in [0, 0.1) is 0 Å². The molecule has 0 spiro atoms. The molecule has 0 bridgehead atoms. The van der Waals surface area contributed by atoms with Crippen molar-refractivity contribution in [1.82, 2.24) is 0 Å². The van der Waals surface area contributed by atoms with Crippen molar-refractivity contribution in [2.24, 2.45) is 0 Å². The first-order chi connectivity index (χ1) is 8.25. The molecule has 2 N–H and O–H groups in total. The van der Waals surface area contributed by atoms with Gasteiger partial charge in [0.25, 0.3) is 0 Å². The molecule has 0 atom stereocenters. The van der Waals surface area contributed by atoms with Gasteiger partial charge in [0.2, 0.25) is 5.06 Å². The summed E-state index contributed by atoms with van der Waals surface area (Å²) in [4.78, 5) is 0. The zero-order valence-corrected chi connectivity index (χ0v) is 9.81. The number of hydrogen-bond acceptors (Lipinski definition) is 5. The van der Waals surface area contributed by atoms with Gasteiger partial charge in [0.15, 0.2) is 5.75 Å². The first-order valence-electron chi connectivity index (χ1n) is 5.07. The van der Waals surface area contributed by atoms with Crippen LogP contribution in [0.4, 0.5) is 0 Å². The largest absolute Gasteiger partial charge is 0.508 e.